The van der Waals surface area contributed by atoms with Gasteiger partial charge >= 0.3 is 11.9 Å². The van der Waals surface area contributed by atoms with E-state index in [0.717, 1.165) is 25.2 Å². The predicted molar refractivity (Wildman–Crippen MR) is 110 cm³/mol. The molecule has 160 valence electrons. The third-order valence-electron chi connectivity index (χ3n) is 9.88. The molecule has 1 aliphatic heterocycles. The quantitative estimate of drug-likeness (QED) is 0.480. The lowest BCUT2D eigenvalue weighted by molar-refractivity contribution is -0.155. The normalized spacial score (nSPS) is 48.8. The van der Waals surface area contributed by atoms with Gasteiger partial charge in [-0.3, -0.25) is 9.59 Å². The number of rotatable bonds is 2. The zero-order valence-electron chi connectivity index (χ0n) is 18.2. The van der Waals surface area contributed by atoms with Crippen molar-refractivity contribution >= 4 is 11.9 Å². The molecule has 0 radical (unpaired) electrons. The van der Waals surface area contributed by atoms with Gasteiger partial charge in [0.15, 0.2) is 0 Å². The van der Waals surface area contributed by atoms with E-state index >= 15 is 0 Å². The van der Waals surface area contributed by atoms with Crippen LogP contribution in [0.25, 0.3) is 0 Å². The average Bonchev–Trinajstić information content (AvgIpc) is 3.24. The number of esters is 2. The molecule has 29 heavy (non-hydrogen) atoms. The second kappa shape index (κ2) is 6.85. The van der Waals surface area contributed by atoms with Crippen LogP contribution in [0.1, 0.15) is 78.6 Å². The van der Waals surface area contributed by atoms with Crippen molar-refractivity contribution in [2.24, 2.45) is 40.4 Å². The highest BCUT2D eigenvalue weighted by Crippen LogP contribution is 2.67. The Morgan fingerprint density at radius 2 is 1.97 bits per heavy atom. The van der Waals surface area contributed by atoms with Crippen LogP contribution < -0.4 is 0 Å². The van der Waals surface area contributed by atoms with Crippen LogP contribution in [0.4, 0.5) is 0 Å². The van der Waals surface area contributed by atoms with Crippen LogP contribution in [0.3, 0.4) is 0 Å². The smallest absolute Gasteiger partial charge is 0.306 e. The molecular formula is C25H36O4. The molecule has 0 spiro atoms. The number of carbonyl (C=O) groups is 2. The maximum Gasteiger partial charge on any atom is 0.306 e. The van der Waals surface area contributed by atoms with E-state index in [4.69, 9.17) is 9.47 Å². The van der Waals surface area contributed by atoms with Crippen molar-refractivity contribution in [1.29, 1.82) is 0 Å². The third kappa shape index (κ3) is 2.99. The van der Waals surface area contributed by atoms with Gasteiger partial charge in [0.1, 0.15) is 6.10 Å². The fraction of sp³-hybridized carbons (Fsp3) is 0.840. The minimum Gasteiger partial charge on any atom is -0.465 e. The summed E-state index contributed by atoms with van der Waals surface area (Å²) in [5, 5.41) is 0. The molecule has 0 amide bonds. The Labute approximate surface area is 174 Å². The Morgan fingerprint density at radius 1 is 1.14 bits per heavy atom. The Kier molecular flexibility index (Phi) is 4.64. The summed E-state index contributed by atoms with van der Waals surface area (Å²) in [7, 11) is 0. The van der Waals surface area contributed by atoms with E-state index in [1.54, 1.807) is 12.5 Å². The molecule has 1 heterocycles. The Morgan fingerprint density at radius 3 is 2.69 bits per heavy atom. The summed E-state index contributed by atoms with van der Waals surface area (Å²) in [5.41, 5.74) is 2.37. The molecule has 4 heteroatoms. The highest BCUT2D eigenvalue weighted by atomic mass is 16.5. The van der Waals surface area contributed by atoms with Crippen molar-refractivity contribution < 1.29 is 19.1 Å². The molecule has 8 atom stereocenters. The van der Waals surface area contributed by atoms with E-state index in [0.29, 0.717) is 42.1 Å². The minimum absolute atomic E-state index is 0.00158. The fourth-order valence-corrected chi connectivity index (χ4v) is 8.43. The molecule has 4 aliphatic carbocycles. The minimum atomic E-state index is -0.128. The molecule has 4 nitrogen and oxygen atoms in total. The second-order valence-electron chi connectivity index (χ2n) is 11.1. The zero-order valence-corrected chi connectivity index (χ0v) is 18.2. The molecule has 0 N–H and O–H groups in total. The van der Waals surface area contributed by atoms with Crippen molar-refractivity contribution in [3.63, 3.8) is 0 Å². The highest BCUT2D eigenvalue weighted by molar-refractivity contribution is 5.71. The summed E-state index contributed by atoms with van der Waals surface area (Å²) in [4.78, 5) is 23.2. The molecule has 4 fully saturated rings. The molecular weight excluding hydrogens is 364 g/mol. The topological polar surface area (TPSA) is 52.6 Å². The zero-order chi connectivity index (χ0) is 20.4. The van der Waals surface area contributed by atoms with Gasteiger partial charge in [0.2, 0.25) is 0 Å². The molecule has 5 rings (SSSR count). The van der Waals surface area contributed by atoms with Gasteiger partial charge in [0.25, 0.3) is 0 Å². The molecule has 5 aliphatic rings. The van der Waals surface area contributed by atoms with Gasteiger partial charge in [-0.25, -0.2) is 0 Å². The first-order valence-corrected chi connectivity index (χ1v) is 11.8. The third-order valence-corrected chi connectivity index (χ3v) is 9.88. The monoisotopic (exact) mass is 400 g/mol. The van der Waals surface area contributed by atoms with Gasteiger partial charge < -0.3 is 9.47 Å². The van der Waals surface area contributed by atoms with Crippen LogP contribution in [0.2, 0.25) is 0 Å². The lowest BCUT2D eigenvalue weighted by atomic mass is 9.45. The first-order valence-electron chi connectivity index (χ1n) is 11.8. The summed E-state index contributed by atoms with van der Waals surface area (Å²) < 4.78 is 10.9. The predicted octanol–water partition coefficient (Wildman–Crippen LogP) is 5.06. The number of fused-ring (bicyclic) bond motifs is 5. The molecule has 0 aromatic rings. The Balaban J connectivity index is 1.34. The Hall–Kier alpha value is -1.32. The summed E-state index contributed by atoms with van der Waals surface area (Å²) in [6.45, 7) is 7.20. The van der Waals surface area contributed by atoms with Crippen LogP contribution in [-0.4, -0.2) is 24.6 Å². The van der Waals surface area contributed by atoms with Gasteiger partial charge in [-0.15, -0.1) is 0 Å². The SMILES string of the molecule is CC(=O)O[C@@H]1CC[C@]2(C)[C@H](CC[C@@H]3C4=CC[C@H]([C@@H]5COC(=O)C5)[C@]4(C)CC[C@H]32)C1. The van der Waals surface area contributed by atoms with Crippen LogP contribution in [-0.2, 0) is 19.1 Å². The summed E-state index contributed by atoms with van der Waals surface area (Å²) in [6, 6.07) is 0. The molecule has 1 saturated heterocycles. The van der Waals surface area contributed by atoms with Crippen molar-refractivity contribution in [3.8, 4) is 0 Å². The highest BCUT2D eigenvalue weighted by Gasteiger charge is 2.58. The van der Waals surface area contributed by atoms with Crippen molar-refractivity contribution in [3.05, 3.63) is 11.6 Å². The van der Waals surface area contributed by atoms with Crippen molar-refractivity contribution in [2.75, 3.05) is 6.61 Å². The Bertz CT molecular complexity index is 741. The van der Waals surface area contributed by atoms with Gasteiger partial charge in [0.05, 0.1) is 13.0 Å². The van der Waals surface area contributed by atoms with Gasteiger partial charge in [-0.2, -0.15) is 0 Å². The number of hydrogen-bond acceptors (Lipinski definition) is 4. The van der Waals surface area contributed by atoms with E-state index in [-0.39, 0.29) is 23.5 Å². The van der Waals surface area contributed by atoms with E-state index < -0.39 is 0 Å². The summed E-state index contributed by atoms with van der Waals surface area (Å²) in [6.07, 6.45) is 12.8. The van der Waals surface area contributed by atoms with Crippen LogP contribution >= 0.6 is 0 Å². The van der Waals surface area contributed by atoms with Crippen LogP contribution in [0.5, 0.6) is 0 Å². The number of hydrogen-bond donors (Lipinski definition) is 0. The fourth-order valence-electron chi connectivity index (χ4n) is 8.43. The molecule has 0 unspecified atom stereocenters. The van der Waals surface area contributed by atoms with Crippen molar-refractivity contribution in [1.82, 2.24) is 0 Å². The first kappa shape index (κ1) is 19.6. The number of carbonyl (C=O) groups excluding carboxylic acids is 2. The molecule has 0 bridgehead atoms. The van der Waals surface area contributed by atoms with E-state index in [1.165, 1.54) is 32.1 Å². The van der Waals surface area contributed by atoms with Gasteiger partial charge in [-0.05, 0) is 85.9 Å². The van der Waals surface area contributed by atoms with E-state index in [1.807, 2.05) is 0 Å². The van der Waals surface area contributed by atoms with Gasteiger partial charge in [0, 0.05) is 12.8 Å². The number of cyclic esters (lactones) is 1. The summed E-state index contributed by atoms with van der Waals surface area (Å²) in [5.74, 6) is 3.02. The van der Waals surface area contributed by atoms with Crippen LogP contribution in [0.15, 0.2) is 11.6 Å². The lowest BCUT2D eigenvalue weighted by Crippen LogP contribution is -2.52. The summed E-state index contributed by atoms with van der Waals surface area (Å²) >= 11 is 0. The number of ether oxygens (including phenoxy) is 2. The number of allylic oxidation sites excluding steroid dienone is 2. The second-order valence-corrected chi connectivity index (χ2v) is 11.1. The molecule has 3 saturated carbocycles. The van der Waals surface area contributed by atoms with Crippen LogP contribution in [0, 0.1) is 40.4 Å². The maximum atomic E-state index is 11.7. The maximum absolute atomic E-state index is 11.7. The lowest BCUT2D eigenvalue weighted by Gasteiger charge is -2.60. The standard InChI is InChI=1S/C25H36O4/c1-15(26)29-18-8-10-24(2)17(13-18)4-5-19-21-7-6-20(16-12-23(27)28-14-16)25(21,3)11-9-22(19)24/h7,16-20,22H,4-6,8-14H2,1-3H3/t16-,17+,18+,19+,20+,22+,24+,25-/m0/s1. The first-order chi connectivity index (χ1) is 13.8. The molecule has 0 aromatic heterocycles. The van der Waals surface area contributed by atoms with Gasteiger partial charge in [-0.1, -0.05) is 25.5 Å². The molecule has 0 aromatic carbocycles. The van der Waals surface area contributed by atoms with E-state index in [9.17, 15) is 9.59 Å². The van der Waals surface area contributed by atoms with Crippen molar-refractivity contribution in [2.45, 2.75) is 84.7 Å². The largest absolute Gasteiger partial charge is 0.465 e. The average molecular weight is 401 g/mol. The van der Waals surface area contributed by atoms with E-state index in [2.05, 4.69) is 19.9 Å².